The van der Waals surface area contributed by atoms with E-state index >= 15 is 0 Å². The minimum Gasteiger partial charge on any atom is -0.315 e. The first-order valence-corrected chi connectivity index (χ1v) is 12.9. The second-order valence-corrected chi connectivity index (χ2v) is 10.9. The van der Waals surface area contributed by atoms with Crippen LogP contribution in [0.2, 0.25) is 10.0 Å². The standard InChI is InChI=1S/C23H19Cl2N3O3S2/c1-3-28-21-19(25)13-16(24)14-20(21)32-23(28)26-22(29)15-9-11-18(12-10-15)33(30,31)27(2)17-7-5-4-6-8-17/h4-14H,3H2,1-2H3. The molecule has 0 saturated carbocycles. The molecule has 4 rings (SSSR count). The lowest BCUT2D eigenvalue weighted by atomic mass is 10.2. The Morgan fingerprint density at radius 2 is 1.73 bits per heavy atom. The SMILES string of the molecule is CCn1c(=NC(=O)c2ccc(S(=O)(=O)N(C)c3ccccc3)cc2)sc2cc(Cl)cc(Cl)c21. The summed E-state index contributed by atoms with van der Waals surface area (Å²) in [6.07, 6.45) is 0. The largest absolute Gasteiger partial charge is 0.315 e. The number of sulfonamides is 1. The summed E-state index contributed by atoms with van der Waals surface area (Å²) in [5.41, 5.74) is 1.59. The lowest BCUT2D eigenvalue weighted by Crippen LogP contribution is -2.26. The Morgan fingerprint density at radius 1 is 1.06 bits per heavy atom. The van der Waals surface area contributed by atoms with E-state index in [-0.39, 0.29) is 10.5 Å². The van der Waals surface area contributed by atoms with E-state index in [9.17, 15) is 13.2 Å². The maximum atomic E-state index is 12.9. The number of aryl methyl sites for hydroxylation is 1. The van der Waals surface area contributed by atoms with Gasteiger partial charge in [0.1, 0.15) is 0 Å². The van der Waals surface area contributed by atoms with Gasteiger partial charge in [-0.3, -0.25) is 9.10 Å². The molecule has 0 N–H and O–H groups in total. The maximum absolute atomic E-state index is 12.9. The average Bonchev–Trinajstić information content (AvgIpc) is 3.16. The highest BCUT2D eigenvalue weighted by Crippen LogP contribution is 2.29. The fraction of sp³-hybridized carbons (Fsp3) is 0.130. The highest BCUT2D eigenvalue weighted by Gasteiger charge is 2.21. The molecule has 4 aromatic rings. The molecule has 0 aliphatic heterocycles. The van der Waals surface area contributed by atoms with E-state index in [2.05, 4.69) is 4.99 Å². The highest BCUT2D eigenvalue weighted by molar-refractivity contribution is 7.92. The third-order valence-corrected chi connectivity index (χ3v) is 8.42. The number of hydrogen-bond acceptors (Lipinski definition) is 4. The van der Waals surface area contributed by atoms with E-state index in [1.165, 1.54) is 47.0 Å². The summed E-state index contributed by atoms with van der Waals surface area (Å²) in [6.45, 7) is 2.50. The Labute approximate surface area is 205 Å². The fourth-order valence-electron chi connectivity index (χ4n) is 3.36. The number of aromatic nitrogens is 1. The van der Waals surface area contributed by atoms with Gasteiger partial charge in [0, 0.05) is 24.2 Å². The van der Waals surface area contributed by atoms with Crippen LogP contribution in [-0.4, -0.2) is 25.9 Å². The first-order valence-electron chi connectivity index (χ1n) is 9.94. The second-order valence-electron chi connectivity index (χ2n) is 7.11. The topological polar surface area (TPSA) is 71.7 Å². The van der Waals surface area contributed by atoms with E-state index in [4.69, 9.17) is 23.2 Å². The molecule has 6 nitrogen and oxygen atoms in total. The van der Waals surface area contributed by atoms with Crippen LogP contribution in [-0.2, 0) is 16.6 Å². The number of nitrogens with zero attached hydrogens (tertiary/aromatic N) is 3. The Morgan fingerprint density at radius 3 is 2.36 bits per heavy atom. The van der Waals surface area contributed by atoms with Crippen LogP contribution in [0.4, 0.5) is 5.69 Å². The molecule has 33 heavy (non-hydrogen) atoms. The number of thiazole rings is 1. The molecule has 0 spiro atoms. The van der Waals surface area contributed by atoms with Crippen molar-refractivity contribution in [3.05, 3.63) is 87.1 Å². The number of benzene rings is 3. The number of hydrogen-bond donors (Lipinski definition) is 0. The smallest absolute Gasteiger partial charge is 0.279 e. The molecule has 0 atom stereocenters. The molecule has 0 fully saturated rings. The van der Waals surface area contributed by atoms with Crippen molar-refractivity contribution in [2.24, 2.45) is 4.99 Å². The monoisotopic (exact) mass is 519 g/mol. The predicted molar refractivity (Wildman–Crippen MR) is 134 cm³/mol. The van der Waals surface area contributed by atoms with Crippen LogP contribution < -0.4 is 9.11 Å². The predicted octanol–water partition coefficient (Wildman–Crippen LogP) is 5.60. The van der Waals surface area contributed by atoms with Crippen LogP contribution >= 0.6 is 34.5 Å². The van der Waals surface area contributed by atoms with Gasteiger partial charge in [-0.15, -0.1) is 0 Å². The van der Waals surface area contributed by atoms with Crippen LogP contribution in [0.5, 0.6) is 0 Å². The quantitative estimate of drug-likeness (QED) is 0.344. The molecule has 0 bridgehead atoms. The molecule has 0 unspecified atom stereocenters. The molecule has 0 aliphatic rings. The third-order valence-electron chi connectivity index (χ3n) is 5.09. The normalized spacial score (nSPS) is 12.3. The first-order chi connectivity index (χ1) is 15.7. The van der Waals surface area contributed by atoms with Crippen LogP contribution in [0.1, 0.15) is 17.3 Å². The number of fused-ring (bicyclic) bond motifs is 1. The van der Waals surface area contributed by atoms with Crippen LogP contribution in [0, 0.1) is 0 Å². The Hall–Kier alpha value is -2.65. The van der Waals surface area contributed by atoms with Gasteiger partial charge in [0.2, 0.25) is 0 Å². The molecule has 1 amide bonds. The van der Waals surface area contributed by atoms with Crippen molar-refractivity contribution in [2.75, 3.05) is 11.4 Å². The molecule has 0 radical (unpaired) electrons. The van der Waals surface area contributed by atoms with Crippen molar-refractivity contribution in [3.8, 4) is 0 Å². The average molecular weight is 520 g/mol. The number of halogens is 2. The molecule has 10 heteroatoms. The summed E-state index contributed by atoms with van der Waals surface area (Å²) >= 11 is 13.8. The molecule has 1 heterocycles. The number of amides is 1. The second kappa shape index (κ2) is 9.30. The zero-order valence-electron chi connectivity index (χ0n) is 17.7. The van der Waals surface area contributed by atoms with Gasteiger partial charge in [0.15, 0.2) is 4.80 Å². The number of carbonyl (C=O) groups is 1. The molecule has 3 aromatic carbocycles. The molecular weight excluding hydrogens is 501 g/mol. The van der Waals surface area contributed by atoms with Crippen molar-refractivity contribution < 1.29 is 13.2 Å². The molecule has 0 aliphatic carbocycles. The van der Waals surface area contributed by atoms with Gasteiger partial charge in [0.05, 0.1) is 25.8 Å². The highest BCUT2D eigenvalue weighted by atomic mass is 35.5. The van der Waals surface area contributed by atoms with Gasteiger partial charge in [-0.1, -0.05) is 52.7 Å². The van der Waals surface area contributed by atoms with Crippen LogP contribution in [0.15, 0.2) is 76.6 Å². The lowest BCUT2D eigenvalue weighted by Gasteiger charge is -2.19. The summed E-state index contributed by atoms with van der Waals surface area (Å²) in [5, 5.41) is 0.994. The minimum atomic E-state index is -3.77. The lowest BCUT2D eigenvalue weighted by molar-refractivity contribution is 0.0997. The number of carbonyl (C=O) groups excluding carboxylic acids is 1. The Balaban J connectivity index is 1.67. The summed E-state index contributed by atoms with van der Waals surface area (Å²) < 4.78 is 29.8. The van der Waals surface area contributed by atoms with E-state index in [0.717, 1.165) is 10.2 Å². The Bertz CT molecular complexity index is 1510. The van der Waals surface area contributed by atoms with E-state index in [1.807, 2.05) is 17.6 Å². The van der Waals surface area contributed by atoms with Crippen molar-refractivity contribution in [1.82, 2.24) is 4.57 Å². The van der Waals surface area contributed by atoms with E-state index < -0.39 is 15.9 Å². The summed E-state index contributed by atoms with van der Waals surface area (Å²) in [6, 6.07) is 18.0. The van der Waals surface area contributed by atoms with Gasteiger partial charge in [-0.25, -0.2) is 8.42 Å². The first kappa shape index (κ1) is 23.5. The van der Waals surface area contributed by atoms with Gasteiger partial charge in [0.25, 0.3) is 15.9 Å². The van der Waals surface area contributed by atoms with Gasteiger partial charge >= 0.3 is 0 Å². The molecule has 1 aromatic heterocycles. The summed E-state index contributed by atoms with van der Waals surface area (Å²) in [5.74, 6) is -0.480. The zero-order chi connectivity index (χ0) is 23.8. The van der Waals surface area contributed by atoms with Gasteiger partial charge in [-0.2, -0.15) is 4.99 Å². The number of rotatable bonds is 5. The molecular formula is C23H19Cl2N3O3S2. The van der Waals surface area contributed by atoms with Crippen molar-refractivity contribution in [1.29, 1.82) is 0 Å². The van der Waals surface area contributed by atoms with Crippen LogP contribution in [0.25, 0.3) is 10.2 Å². The number of para-hydroxylation sites is 1. The number of anilines is 1. The van der Waals surface area contributed by atoms with Gasteiger partial charge < -0.3 is 4.57 Å². The Kier molecular flexibility index (Phi) is 6.63. The van der Waals surface area contributed by atoms with E-state index in [1.54, 1.807) is 36.4 Å². The van der Waals surface area contributed by atoms with Crippen molar-refractivity contribution in [2.45, 2.75) is 18.4 Å². The zero-order valence-corrected chi connectivity index (χ0v) is 20.8. The third kappa shape index (κ3) is 4.56. The maximum Gasteiger partial charge on any atom is 0.279 e. The summed E-state index contributed by atoms with van der Waals surface area (Å²) in [4.78, 5) is 17.7. The van der Waals surface area contributed by atoms with Gasteiger partial charge in [-0.05, 0) is 55.5 Å². The molecule has 0 saturated heterocycles. The van der Waals surface area contributed by atoms with Crippen molar-refractivity contribution >= 4 is 66.4 Å². The van der Waals surface area contributed by atoms with Crippen molar-refractivity contribution in [3.63, 3.8) is 0 Å². The molecule has 170 valence electrons. The van der Waals surface area contributed by atoms with Crippen LogP contribution in [0.3, 0.4) is 0 Å². The minimum absolute atomic E-state index is 0.0808. The van der Waals surface area contributed by atoms with E-state index in [0.29, 0.717) is 27.1 Å². The fourth-order valence-corrected chi connectivity index (χ4v) is 6.43. The summed E-state index contributed by atoms with van der Waals surface area (Å²) in [7, 11) is -2.28.